The molecular formula is C38H37ClNO3+. The Balaban J connectivity index is 1.37. The first-order valence-electron chi connectivity index (χ1n) is 14.4. The van der Waals surface area contributed by atoms with Crippen LogP contribution < -0.4 is 18.8 Å². The molecule has 5 rings (SSSR count). The fourth-order valence-electron chi connectivity index (χ4n) is 5.22. The molecule has 0 saturated carbocycles. The fraction of sp³-hybridized carbons (Fsp3) is 0.184. The van der Waals surface area contributed by atoms with E-state index in [0.29, 0.717) is 18.2 Å². The summed E-state index contributed by atoms with van der Waals surface area (Å²) in [7, 11) is 1.66. The van der Waals surface area contributed by atoms with Gasteiger partial charge in [-0.05, 0) is 83.3 Å². The van der Waals surface area contributed by atoms with E-state index in [2.05, 4.69) is 73.9 Å². The number of hydrogen-bond acceptors (Lipinski definition) is 3. The van der Waals surface area contributed by atoms with Crippen LogP contribution in [0.3, 0.4) is 0 Å². The molecule has 0 saturated heterocycles. The molecule has 0 bridgehead atoms. The third-order valence-corrected chi connectivity index (χ3v) is 7.81. The van der Waals surface area contributed by atoms with E-state index < -0.39 is 0 Å². The van der Waals surface area contributed by atoms with Gasteiger partial charge in [0.15, 0.2) is 17.9 Å². The monoisotopic (exact) mass is 590 g/mol. The van der Waals surface area contributed by atoms with Crippen LogP contribution in [0.4, 0.5) is 0 Å². The Kier molecular flexibility index (Phi) is 9.81. The smallest absolute Gasteiger partial charge is 0.182 e. The Bertz CT molecular complexity index is 1650. The average Bonchev–Trinajstić information content (AvgIpc) is 3.03. The standard InChI is InChI=1S/C38H37ClNO3/c1-27-24-28(2)40(29(3)25-27)22-23-42-35-18-10-31(11-19-35)37(38(39)33-14-16-34(41-4)17-15-33)32-12-20-36(21-13-32)43-26-30-8-6-5-7-9-30/h5-21,24-25H,22-23,26H2,1-4H3/q+1/b38-37+. The molecule has 0 atom stereocenters. The summed E-state index contributed by atoms with van der Waals surface area (Å²) in [6.07, 6.45) is 0. The van der Waals surface area contributed by atoms with Crippen molar-refractivity contribution in [1.82, 2.24) is 0 Å². The second kappa shape index (κ2) is 14.1. The summed E-state index contributed by atoms with van der Waals surface area (Å²) < 4.78 is 19.8. The van der Waals surface area contributed by atoms with Crippen molar-refractivity contribution in [1.29, 1.82) is 0 Å². The molecule has 0 aliphatic carbocycles. The Hall–Kier alpha value is -4.54. The topological polar surface area (TPSA) is 31.6 Å². The minimum atomic E-state index is 0.512. The van der Waals surface area contributed by atoms with Crippen LogP contribution in [0, 0.1) is 20.8 Å². The van der Waals surface area contributed by atoms with Gasteiger partial charge in [0.2, 0.25) is 0 Å². The lowest BCUT2D eigenvalue weighted by molar-refractivity contribution is -0.709. The Morgan fingerprint density at radius 1 is 0.628 bits per heavy atom. The van der Waals surface area contributed by atoms with Crippen molar-refractivity contribution in [2.75, 3.05) is 13.7 Å². The van der Waals surface area contributed by atoms with Crippen LogP contribution in [0.2, 0.25) is 0 Å². The number of benzene rings is 4. The van der Waals surface area contributed by atoms with E-state index in [1.165, 1.54) is 17.0 Å². The van der Waals surface area contributed by atoms with E-state index in [9.17, 15) is 0 Å². The van der Waals surface area contributed by atoms with Crippen LogP contribution >= 0.6 is 11.6 Å². The summed E-state index contributed by atoms with van der Waals surface area (Å²) >= 11 is 7.12. The molecule has 1 heterocycles. The van der Waals surface area contributed by atoms with Gasteiger partial charge in [0.1, 0.15) is 30.5 Å². The molecule has 5 heteroatoms. The van der Waals surface area contributed by atoms with Gasteiger partial charge in [0.05, 0.1) is 12.1 Å². The van der Waals surface area contributed by atoms with E-state index in [1.807, 2.05) is 66.7 Å². The van der Waals surface area contributed by atoms with Gasteiger partial charge < -0.3 is 14.2 Å². The van der Waals surface area contributed by atoms with E-state index in [-0.39, 0.29) is 0 Å². The summed E-state index contributed by atoms with van der Waals surface area (Å²) in [4.78, 5) is 0. The minimum Gasteiger partial charge on any atom is -0.497 e. The van der Waals surface area contributed by atoms with Crippen LogP contribution in [-0.2, 0) is 13.2 Å². The van der Waals surface area contributed by atoms with Crippen LogP contribution in [0.5, 0.6) is 17.2 Å². The molecule has 4 nitrogen and oxygen atoms in total. The fourth-order valence-corrected chi connectivity index (χ4v) is 5.56. The summed E-state index contributed by atoms with van der Waals surface area (Å²) in [6.45, 7) is 8.27. The van der Waals surface area contributed by atoms with Gasteiger partial charge in [0, 0.05) is 31.6 Å². The maximum absolute atomic E-state index is 7.12. The first kappa shape index (κ1) is 29.9. The predicted molar refractivity (Wildman–Crippen MR) is 175 cm³/mol. The van der Waals surface area contributed by atoms with E-state index >= 15 is 0 Å². The number of nitrogens with zero attached hydrogens (tertiary/aromatic N) is 1. The zero-order valence-electron chi connectivity index (χ0n) is 25.1. The van der Waals surface area contributed by atoms with Gasteiger partial charge in [-0.1, -0.05) is 66.2 Å². The molecule has 0 unspecified atom stereocenters. The molecule has 0 N–H and O–H groups in total. The van der Waals surface area contributed by atoms with Crippen LogP contribution in [-0.4, -0.2) is 13.7 Å². The normalized spacial score (nSPS) is 11.6. The number of ether oxygens (including phenoxy) is 3. The second-order valence-electron chi connectivity index (χ2n) is 10.6. The van der Waals surface area contributed by atoms with Gasteiger partial charge in [-0.3, -0.25) is 0 Å². The maximum Gasteiger partial charge on any atom is 0.182 e. The molecule has 0 spiro atoms. The highest BCUT2D eigenvalue weighted by Gasteiger charge is 2.15. The van der Waals surface area contributed by atoms with Gasteiger partial charge in [-0.15, -0.1) is 0 Å². The summed E-state index contributed by atoms with van der Waals surface area (Å²) in [5, 5.41) is 0.649. The van der Waals surface area contributed by atoms with E-state index in [1.54, 1.807) is 7.11 Å². The van der Waals surface area contributed by atoms with Crippen molar-refractivity contribution < 1.29 is 18.8 Å². The first-order valence-corrected chi connectivity index (χ1v) is 14.8. The summed E-state index contributed by atoms with van der Waals surface area (Å²) in [5.74, 6) is 2.40. The molecule has 0 radical (unpaired) electrons. The molecule has 0 aliphatic rings. The zero-order chi connectivity index (χ0) is 30.2. The molecular weight excluding hydrogens is 554 g/mol. The Morgan fingerprint density at radius 2 is 1.14 bits per heavy atom. The van der Waals surface area contributed by atoms with Gasteiger partial charge >= 0.3 is 0 Å². The first-order chi connectivity index (χ1) is 20.9. The molecule has 5 aromatic rings. The lowest BCUT2D eigenvalue weighted by Gasteiger charge is -2.15. The van der Waals surface area contributed by atoms with Crippen molar-refractivity contribution >= 4 is 22.2 Å². The molecule has 0 amide bonds. The Labute approximate surface area is 259 Å². The number of methoxy groups -OCH3 is 1. The number of hydrogen-bond donors (Lipinski definition) is 0. The Morgan fingerprint density at radius 3 is 1.70 bits per heavy atom. The van der Waals surface area contributed by atoms with Crippen LogP contribution in [0.1, 0.15) is 39.2 Å². The SMILES string of the molecule is COc1ccc(/C(Cl)=C(/c2ccc(OCC[n+]3c(C)cc(C)cc3C)cc2)c2ccc(OCc3ccccc3)cc2)cc1. The van der Waals surface area contributed by atoms with Crippen molar-refractivity contribution in [2.24, 2.45) is 0 Å². The van der Waals surface area contributed by atoms with E-state index in [0.717, 1.165) is 51.6 Å². The van der Waals surface area contributed by atoms with Gasteiger partial charge in [-0.2, -0.15) is 4.57 Å². The minimum absolute atomic E-state index is 0.512. The van der Waals surface area contributed by atoms with Gasteiger partial charge in [-0.25, -0.2) is 0 Å². The maximum atomic E-state index is 7.12. The third-order valence-electron chi connectivity index (χ3n) is 7.41. The van der Waals surface area contributed by atoms with Crippen LogP contribution in [0.15, 0.2) is 115 Å². The highest BCUT2D eigenvalue weighted by atomic mass is 35.5. The lowest BCUT2D eigenvalue weighted by Crippen LogP contribution is -2.42. The quantitative estimate of drug-likeness (QED) is 0.114. The van der Waals surface area contributed by atoms with Gasteiger partial charge in [0.25, 0.3) is 0 Å². The zero-order valence-corrected chi connectivity index (χ0v) is 25.9. The number of aryl methyl sites for hydroxylation is 3. The van der Waals surface area contributed by atoms with Crippen molar-refractivity contribution in [3.05, 3.63) is 154 Å². The molecule has 1 aromatic heterocycles. The summed E-state index contributed by atoms with van der Waals surface area (Å²) in [6, 6.07) is 38.5. The van der Waals surface area contributed by atoms with E-state index in [4.69, 9.17) is 25.8 Å². The highest BCUT2D eigenvalue weighted by molar-refractivity contribution is 6.53. The average molecular weight is 591 g/mol. The molecule has 4 aromatic carbocycles. The van der Waals surface area contributed by atoms with Crippen LogP contribution in [0.25, 0.3) is 10.6 Å². The second-order valence-corrected chi connectivity index (χ2v) is 10.9. The molecule has 0 aliphatic heterocycles. The number of rotatable bonds is 11. The van der Waals surface area contributed by atoms with Crippen molar-refractivity contribution in [3.8, 4) is 17.2 Å². The number of aromatic nitrogens is 1. The number of halogens is 1. The lowest BCUT2D eigenvalue weighted by atomic mass is 9.95. The highest BCUT2D eigenvalue weighted by Crippen LogP contribution is 2.36. The molecule has 0 fully saturated rings. The number of pyridine rings is 1. The summed E-state index contributed by atoms with van der Waals surface area (Å²) in [5.41, 5.74) is 8.67. The van der Waals surface area contributed by atoms with Crippen molar-refractivity contribution in [2.45, 2.75) is 33.9 Å². The molecule has 43 heavy (non-hydrogen) atoms. The van der Waals surface area contributed by atoms with Crippen molar-refractivity contribution in [3.63, 3.8) is 0 Å². The largest absolute Gasteiger partial charge is 0.497 e. The third kappa shape index (κ3) is 7.65. The molecule has 218 valence electrons. The predicted octanol–water partition coefficient (Wildman–Crippen LogP) is 8.72.